The van der Waals surface area contributed by atoms with Crippen LogP contribution in [0.15, 0.2) is 18.7 Å². The number of ether oxygens (including phenoxy) is 3. The van der Waals surface area contributed by atoms with Crippen LogP contribution in [0, 0.1) is 6.92 Å². The molecular weight excluding hydrogens is 248 g/mol. The van der Waals surface area contributed by atoms with Crippen molar-refractivity contribution < 1.29 is 19.0 Å². The third kappa shape index (κ3) is 3.07. The smallest absolute Gasteiger partial charge is 0.341 e. The van der Waals surface area contributed by atoms with Crippen LogP contribution in [0.3, 0.4) is 0 Å². The molecule has 1 aliphatic heterocycles. The van der Waals surface area contributed by atoms with Crippen LogP contribution >= 0.6 is 0 Å². The Morgan fingerprint density at radius 2 is 2.16 bits per heavy atom. The number of aryl methyl sites for hydroxylation is 2. The molecule has 0 unspecified atom stereocenters. The fourth-order valence-electron chi connectivity index (χ4n) is 1.85. The van der Waals surface area contributed by atoms with E-state index < -0.39 is 5.79 Å². The molecule has 0 atom stereocenters. The van der Waals surface area contributed by atoms with E-state index in [4.69, 9.17) is 14.2 Å². The van der Waals surface area contributed by atoms with Gasteiger partial charge in [-0.05, 0) is 13.8 Å². The van der Waals surface area contributed by atoms with E-state index in [1.165, 1.54) is 12.5 Å². The van der Waals surface area contributed by atoms with Gasteiger partial charge in [0.05, 0.1) is 12.3 Å². The van der Waals surface area contributed by atoms with Gasteiger partial charge in [0.1, 0.15) is 18.1 Å². The fourth-order valence-corrected chi connectivity index (χ4v) is 1.85. The zero-order valence-corrected chi connectivity index (χ0v) is 11.4. The molecule has 0 bridgehead atoms. The summed E-state index contributed by atoms with van der Waals surface area (Å²) < 4.78 is 17.4. The van der Waals surface area contributed by atoms with Crippen molar-refractivity contribution in [2.75, 3.05) is 6.61 Å². The average Bonchev–Trinajstić information content (AvgIpc) is 2.94. The summed E-state index contributed by atoms with van der Waals surface area (Å²) in [6.45, 7) is 6.37. The van der Waals surface area contributed by atoms with Crippen LogP contribution in [0.4, 0.5) is 0 Å². The van der Waals surface area contributed by atoms with E-state index in [0.717, 1.165) is 0 Å². The highest BCUT2D eigenvalue weighted by atomic mass is 16.7. The van der Waals surface area contributed by atoms with Crippen LogP contribution in [0.1, 0.15) is 36.3 Å². The minimum atomic E-state index is -0.649. The van der Waals surface area contributed by atoms with E-state index in [1.807, 2.05) is 6.92 Å². The molecule has 0 N–H and O–H groups in total. The molecule has 0 spiro atoms. The molecule has 1 aromatic heterocycles. The molecule has 2 heterocycles. The number of hydrogen-bond donors (Lipinski definition) is 0. The van der Waals surface area contributed by atoms with E-state index in [2.05, 4.69) is 5.10 Å². The first kappa shape index (κ1) is 13.5. The number of nitrogens with zero attached hydrogens (tertiary/aromatic N) is 2. The largest absolute Gasteiger partial charge is 0.462 e. The third-order valence-electron chi connectivity index (χ3n) is 2.93. The van der Waals surface area contributed by atoms with Crippen molar-refractivity contribution in [2.45, 2.75) is 39.5 Å². The maximum Gasteiger partial charge on any atom is 0.341 e. The first-order valence-electron chi connectivity index (χ1n) is 6.26. The van der Waals surface area contributed by atoms with E-state index >= 15 is 0 Å². The van der Waals surface area contributed by atoms with Crippen LogP contribution in [0.5, 0.6) is 0 Å². The molecule has 0 aliphatic carbocycles. The van der Waals surface area contributed by atoms with Crippen molar-refractivity contribution in [1.82, 2.24) is 9.78 Å². The second-order valence-corrected chi connectivity index (χ2v) is 4.50. The van der Waals surface area contributed by atoms with Gasteiger partial charge in [0, 0.05) is 26.1 Å². The number of rotatable bonds is 5. The van der Waals surface area contributed by atoms with Crippen LogP contribution in [-0.4, -0.2) is 28.1 Å². The van der Waals surface area contributed by atoms with Gasteiger partial charge in [0.25, 0.3) is 0 Å². The summed E-state index contributed by atoms with van der Waals surface area (Å²) in [6, 6.07) is 0. The monoisotopic (exact) mass is 266 g/mol. The number of aromatic nitrogens is 2. The molecule has 2 rings (SSSR count). The molecule has 0 amide bonds. The summed E-state index contributed by atoms with van der Waals surface area (Å²) >= 11 is 0. The van der Waals surface area contributed by atoms with Crippen molar-refractivity contribution in [3.05, 3.63) is 30.0 Å². The van der Waals surface area contributed by atoms with Crippen molar-refractivity contribution in [3.63, 3.8) is 0 Å². The Labute approximate surface area is 111 Å². The lowest BCUT2D eigenvalue weighted by atomic mass is 10.2. The Balaban J connectivity index is 1.98. The number of esters is 1. The van der Waals surface area contributed by atoms with Gasteiger partial charge in [-0.3, -0.25) is 4.68 Å². The molecule has 1 aromatic rings. The molecule has 6 nitrogen and oxygen atoms in total. The molecule has 104 valence electrons. The topological polar surface area (TPSA) is 62.6 Å². The molecule has 0 saturated heterocycles. The zero-order chi connectivity index (χ0) is 13.9. The zero-order valence-electron chi connectivity index (χ0n) is 11.4. The summed E-state index contributed by atoms with van der Waals surface area (Å²) in [5, 5.41) is 4.29. The Morgan fingerprint density at radius 1 is 1.47 bits per heavy atom. The Kier molecular flexibility index (Phi) is 3.78. The first-order valence-corrected chi connectivity index (χ1v) is 6.26. The van der Waals surface area contributed by atoms with Crippen LogP contribution in [0.25, 0.3) is 0 Å². The average molecular weight is 266 g/mol. The van der Waals surface area contributed by atoms with Crippen LogP contribution in [-0.2, 0) is 20.8 Å². The summed E-state index contributed by atoms with van der Waals surface area (Å²) in [4.78, 5) is 11.7. The normalized spacial score (nSPS) is 15.9. The van der Waals surface area contributed by atoms with Gasteiger partial charge >= 0.3 is 5.97 Å². The minimum absolute atomic E-state index is 0.340. The molecule has 1 aliphatic rings. The quantitative estimate of drug-likeness (QED) is 0.763. The predicted octanol–water partition coefficient (Wildman–Crippen LogP) is 1.99. The number of hydrogen-bond acceptors (Lipinski definition) is 5. The van der Waals surface area contributed by atoms with Crippen molar-refractivity contribution in [1.29, 1.82) is 0 Å². The second-order valence-electron chi connectivity index (χ2n) is 4.50. The number of carbonyl (C=O) groups is 1. The van der Waals surface area contributed by atoms with E-state index in [-0.39, 0.29) is 5.97 Å². The van der Waals surface area contributed by atoms with Gasteiger partial charge in [-0.25, -0.2) is 4.79 Å². The Hall–Kier alpha value is -1.98. The van der Waals surface area contributed by atoms with Gasteiger partial charge in [0.2, 0.25) is 5.79 Å². The molecule has 0 fully saturated rings. The molecule has 6 heteroatoms. The van der Waals surface area contributed by atoms with Gasteiger partial charge in [0.15, 0.2) is 0 Å². The van der Waals surface area contributed by atoms with Crippen LogP contribution in [0.2, 0.25) is 0 Å². The van der Waals surface area contributed by atoms with Crippen molar-refractivity contribution in [2.24, 2.45) is 0 Å². The molecule has 0 radical (unpaired) electrons. The highest BCUT2D eigenvalue weighted by molar-refractivity contribution is 5.90. The lowest BCUT2D eigenvalue weighted by Gasteiger charge is -2.22. The molecular formula is C13H18N2O4. The molecule has 19 heavy (non-hydrogen) atoms. The second kappa shape index (κ2) is 5.34. The van der Waals surface area contributed by atoms with E-state index in [0.29, 0.717) is 30.8 Å². The van der Waals surface area contributed by atoms with E-state index in [9.17, 15) is 4.79 Å². The maximum atomic E-state index is 11.7. The SMILES string of the molecule is CCOC(=O)c1cn(CCC2(C)OC=CO2)nc1C. The van der Waals surface area contributed by atoms with E-state index in [1.54, 1.807) is 24.7 Å². The van der Waals surface area contributed by atoms with Crippen molar-refractivity contribution in [3.8, 4) is 0 Å². The Bertz CT molecular complexity index is 485. The third-order valence-corrected chi connectivity index (χ3v) is 2.93. The van der Waals surface area contributed by atoms with Gasteiger partial charge in [-0.15, -0.1) is 0 Å². The predicted molar refractivity (Wildman–Crippen MR) is 67.3 cm³/mol. The van der Waals surface area contributed by atoms with Crippen LogP contribution < -0.4 is 0 Å². The van der Waals surface area contributed by atoms with Gasteiger partial charge in [-0.1, -0.05) is 0 Å². The number of carbonyl (C=O) groups excluding carboxylic acids is 1. The lowest BCUT2D eigenvalue weighted by molar-refractivity contribution is -0.133. The summed E-state index contributed by atoms with van der Waals surface area (Å²) in [7, 11) is 0. The highest BCUT2D eigenvalue weighted by Crippen LogP contribution is 2.24. The minimum Gasteiger partial charge on any atom is -0.462 e. The fraction of sp³-hybridized carbons (Fsp3) is 0.538. The van der Waals surface area contributed by atoms with Crippen molar-refractivity contribution >= 4 is 5.97 Å². The molecule has 0 saturated carbocycles. The summed E-state index contributed by atoms with van der Waals surface area (Å²) in [5.74, 6) is -0.989. The Morgan fingerprint density at radius 3 is 2.79 bits per heavy atom. The maximum absolute atomic E-state index is 11.7. The standard InChI is InChI=1S/C13H18N2O4/c1-4-17-12(16)11-9-15(14-10(11)2)6-5-13(3)18-7-8-19-13/h7-9H,4-6H2,1-3H3. The molecule has 0 aromatic carbocycles. The van der Waals surface area contributed by atoms with Gasteiger partial charge in [-0.2, -0.15) is 5.10 Å². The first-order chi connectivity index (χ1) is 9.04. The summed E-state index contributed by atoms with van der Waals surface area (Å²) in [6.07, 6.45) is 5.37. The lowest BCUT2D eigenvalue weighted by Crippen LogP contribution is -2.27. The highest BCUT2D eigenvalue weighted by Gasteiger charge is 2.29. The van der Waals surface area contributed by atoms with Gasteiger partial charge < -0.3 is 14.2 Å². The summed E-state index contributed by atoms with van der Waals surface area (Å²) in [5.41, 5.74) is 1.16.